The van der Waals surface area contributed by atoms with Gasteiger partial charge < -0.3 is 19.3 Å². The van der Waals surface area contributed by atoms with Gasteiger partial charge in [-0.25, -0.2) is 0 Å². The largest absolute Gasteiger partial charge is 0.507 e. The maximum absolute atomic E-state index is 13.3. The molecule has 1 aliphatic rings. The number of hydrogen-bond acceptors (Lipinski definition) is 6. The molecule has 1 saturated heterocycles. The Hall–Kier alpha value is -4.26. The summed E-state index contributed by atoms with van der Waals surface area (Å²) in [5.74, 6) is -0.259. The first-order valence-corrected chi connectivity index (χ1v) is 11.2. The van der Waals surface area contributed by atoms with Gasteiger partial charge in [0.25, 0.3) is 11.7 Å². The molecule has 7 nitrogen and oxygen atoms in total. The summed E-state index contributed by atoms with van der Waals surface area (Å²) in [5.41, 5.74) is 1.54. The summed E-state index contributed by atoms with van der Waals surface area (Å²) >= 11 is 0. The lowest BCUT2D eigenvalue weighted by molar-refractivity contribution is -0.132. The number of hydrogen-bond donors (Lipinski definition) is 1. The van der Waals surface area contributed by atoms with Crippen LogP contribution in [0.15, 0.2) is 78.4 Å². The number of ketones is 1. The van der Waals surface area contributed by atoms with Gasteiger partial charge in [-0.15, -0.1) is 0 Å². The molecule has 4 rings (SSSR count). The molecule has 0 bridgehead atoms. The predicted octanol–water partition coefficient (Wildman–Crippen LogP) is 5.12. The average molecular weight is 474 g/mol. The van der Waals surface area contributed by atoms with Gasteiger partial charge in [-0.1, -0.05) is 30.3 Å². The fourth-order valence-electron chi connectivity index (χ4n) is 4.15. The van der Waals surface area contributed by atoms with Crippen molar-refractivity contribution < 1.29 is 28.9 Å². The van der Waals surface area contributed by atoms with Crippen molar-refractivity contribution in [1.29, 1.82) is 0 Å². The number of Topliss-reactive ketones (excluding diaryl/α,β-unsaturated/α-hetero) is 1. The quantitative estimate of drug-likeness (QED) is 0.291. The van der Waals surface area contributed by atoms with Gasteiger partial charge in [0, 0.05) is 11.3 Å². The summed E-state index contributed by atoms with van der Waals surface area (Å²) in [6.45, 7) is 3.85. The van der Waals surface area contributed by atoms with Crippen molar-refractivity contribution in [3.63, 3.8) is 0 Å². The van der Waals surface area contributed by atoms with Crippen molar-refractivity contribution in [2.24, 2.45) is 0 Å². The van der Waals surface area contributed by atoms with Crippen molar-refractivity contribution in [2.75, 3.05) is 19.1 Å². The van der Waals surface area contributed by atoms with E-state index < -0.39 is 17.7 Å². The Kier molecular flexibility index (Phi) is 6.78. The number of rotatable bonds is 7. The second kappa shape index (κ2) is 9.93. The second-order valence-electron chi connectivity index (χ2n) is 8.31. The number of nitrogens with zero attached hydrogens (tertiary/aromatic N) is 1. The zero-order valence-electron chi connectivity index (χ0n) is 20.0. The fraction of sp³-hybridized carbons (Fsp3) is 0.214. The molecule has 0 spiro atoms. The van der Waals surface area contributed by atoms with Crippen molar-refractivity contribution >= 4 is 23.1 Å². The molecule has 1 aliphatic heterocycles. The summed E-state index contributed by atoms with van der Waals surface area (Å²) in [6, 6.07) is 20.1. The third-order valence-electron chi connectivity index (χ3n) is 5.70. The average Bonchev–Trinajstić information content (AvgIpc) is 3.14. The Morgan fingerprint density at radius 1 is 0.886 bits per heavy atom. The highest BCUT2D eigenvalue weighted by molar-refractivity contribution is 6.51. The number of amides is 1. The summed E-state index contributed by atoms with van der Waals surface area (Å²) in [7, 11) is 2.99. The smallest absolute Gasteiger partial charge is 0.300 e. The van der Waals surface area contributed by atoms with E-state index in [-0.39, 0.29) is 17.4 Å². The molecular weight excluding hydrogens is 446 g/mol. The lowest BCUT2D eigenvalue weighted by atomic mass is 9.95. The van der Waals surface area contributed by atoms with E-state index in [0.29, 0.717) is 34.1 Å². The zero-order chi connectivity index (χ0) is 25.1. The number of methoxy groups -OCH3 is 2. The van der Waals surface area contributed by atoms with Crippen LogP contribution >= 0.6 is 0 Å². The number of aliphatic hydroxyl groups excluding tert-OH is 1. The molecule has 1 atom stereocenters. The molecule has 3 aromatic rings. The number of aliphatic hydroxyl groups is 1. The fourth-order valence-corrected chi connectivity index (χ4v) is 4.15. The summed E-state index contributed by atoms with van der Waals surface area (Å²) in [6.07, 6.45) is 0.000819. The number of ether oxygens (including phenoxy) is 3. The number of benzene rings is 3. The minimum absolute atomic E-state index is 0.000819. The molecule has 0 aromatic heterocycles. The Morgan fingerprint density at radius 2 is 1.54 bits per heavy atom. The first-order chi connectivity index (χ1) is 16.8. The molecule has 35 heavy (non-hydrogen) atoms. The van der Waals surface area contributed by atoms with Gasteiger partial charge in [-0.2, -0.15) is 0 Å². The van der Waals surface area contributed by atoms with Crippen LogP contribution in [0.4, 0.5) is 5.69 Å². The molecule has 0 aliphatic carbocycles. The van der Waals surface area contributed by atoms with Crippen LogP contribution in [0.1, 0.15) is 31.0 Å². The highest BCUT2D eigenvalue weighted by Gasteiger charge is 2.47. The van der Waals surface area contributed by atoms with Crippen LogP contribution in [0.5, 0.6) is 17.2 Å². The lowest BCUT2D eigenvalue weighted by Gasteiger charge is -2.25. The van der Waals surface area contributed by atoms with Crippen LogP contribution in [0.2, 0.25) is 0 Å². The normalized spacial score (nSPS) is 17.1. The van der Waals surface area contributed by atoms with Gasteiger partial charge in [-0.05, 0) is 61.9 Å². The Morgan fingerprint density at radius 3 is 2.14 bits per heavy atom. The molecule has 1 N–H and O–H groups in total. The first-order valence-electron chi connectivity index (χ1n) is 11.2. The van der Waals surface area contributed by atoms with E-state index in [1.807, 2.05) is 44.2 Å². The van der Waals surface area contributed by atoms with Gasteiger partial charge in [0.05, 0.1) is 31.9 Å². The predicted molar refractivity (Wildman–Crippen MR) is 133 cm³/mol. The second-order valence-corrected chi connectivity index (χ2v) is 8.31. The van der Waals surface area contributed by atoms with Crippen LogP contribution in [0.3, 0.4) is 0 Å². The van der Waals surface area contributed by atoms with Crippen LogP contribution < -0.4 is 19.1 Å². The molecule has 1 heterocycles. The van der Waals surface area contributed by atoms with Crippen LogP contribution in [-0.2, 0) is 9.59 Å². The molecule has 1 unspecified atom stereocenters. The molecule has 180 valence electrons. The number of anilines is 1. The van der Waals surface area contributed by atoms with Crippen molar-refractivity contribution in [3.05, 3.63) is 89.5 Å². The third kappa shape index (κ3) is 4.57. The van der Waals surface area contributed by atoms with Crippen molar-refractivity contribution in [3.8, 4) is 17.2 Å². The van der Waals surface area contributed by atoms with Crippen LogP contribution in [0, 0.1) is 0 Å². The van der Waals surface area contributed by atoms with E-state index in [0.717, 1.165) is 0 Å². The third-order valence-corrected chi connectivity index (χ3v) is 5.70. The van der Waals surface area contributed by atoms with E-state index in [9.17, 15) is 14.7 Å². The lowest BCUT2D eigenvalue weighted by Crippen LogP contribution is -2.29. The maximum Gasteiger partial charge on any atom is 0.300 e. The minimum Gasteiger partial charge on any atom is -0.507 e. The maximum atomic E-state index is 13.3. The zero-order valence-corrected chi connectivity index (χ0v) is 20.0. The summed E-state index contributed by atoms with van der Waals surface area (Å²) in [5, 5.41) is 11.3. The van der Waals surface area contributed by atoms with E-state index >= 15 is 0 Å². The van der Waals surface area contributed by atoms with Gasteiger partial charge in [-0.3, -0.25) is 14.5 Å². The summed E-state index contributed by atoms with van der Waals surface area (Å²) < 4.78 is 16.3. The van der Waals surface area contributed by atoms with Crippen molar-refractivity contribution in [1.82, 2.24) is 0 Å². The molecule has 7 heteroatoms. The van der Waals surface area contributed by atoms with E-state index in [2.05, 4.69) is 0 Å². The Balaban J connectivity index is 1.86. The molecule has 0 radical (unpaired) electrons. The topological polar surface area (TPSA) is 85.3 Å². The van der Waals surface area contributed by atoms with E-state index in [4.69, 9.17) is 14.2 Å². The van der Waals surface area contributed by atoms with Gasteiger partial charge in [0.15, 0.2) is 11.5 Å². The molecule has 3 aromatic carbocycles. The highest BCUT2D eigenvalue weighted by atomic mass is 16.5. The van der Waals surface area contributed by atoms with E-state index in [1.54, 1.807) is 42.5 Å². The molecular formula is C28H27NO6. The minimum atomic E-state index is -0.818. The molecule has 1 fully saturated rings. The monoisotopic (exact) mass is 473 g/mol. The van der Waals surface area contributed by atoms with E-state index in [1.165, 1.54) is 19.1 Å². The van der Waals surface area contributed by atoms with Crippen LogP contribution in [0.25, 0.3) is 5.76 Å². The highest BCUT2D eigenvalue weighted by Crippen LogP contribution is 2.43. The Labute approximate surface area is 204 Å². The van der Waals surface area contributed by atoms with Crippen LogP contribution in [-0.4, -0.2) is 37.1 Å². The number of carbonyl (C=O) groups excluding carboxylic acids is 2. The standard InChI is InChI=1S/C28H27NO6/c1-17(2)35-21-13-11-20(12-14-21)29-25(18-8-6-5-7-9-18)24(27(31)28(29)32)26(30)19-10-15-22(33-3)23(16-19)34-4/h5-17,25,30H,1-4H3/b26-24-. The molecule has 0 saturated carbocycles. The molecule has 1 amide bonds. The SMILES string of the molecule is COc1ccc(/C(O)=C2/C(=O)C(=O)N(c3ccc(OC(C)C)cc3)C2c2ccccc2)cc1OC. The van der Waals surface area contributed by atoms with Crippen molar-refractivity contribution in [2.45, 2.75) is 26.0 Å². The van der Waals surface area contributed by atoms with Gasteiger partial charge >= 0.3 is 0 Å². The number of carbonyl (C=O) groups is 2. The Bertz CT molecular complexity index is 1260. The van der Waals surface area contributed by atoms with Gasteiger partial charge in [0.1, 0.15) is 11.5 Å². The van der Waals surface area contributed by atoms with Gasteiger partial charge in [0.2, 0.25) is 0 Å². The summed E-state index contributed by atoms with van der Waals surface area (Å²) in [4.78, 5) is 28.0. The first kappa shape index (κ1) is 23.9.